The maximum atomic E-state index is 13.7. The van der Waals surface area contributed by atoms with Crippen LogP contribution in [0.1, 0.15) is 65.6 Å². The van der Waals surface area contributed by atoms with Gasteiger partial charge in [0.05, 0.1) is 12.8 Å². The van der Waals surface area contributed by atoms with Crippen molar-refractivity contribution in [1.82, 2.24) is 9.69 Å². The minimum atomic E-state index is -0.808. The maximum Gasteiger partial charge on any atom is 0.272 e. The van der Waals surface area contributed by atoms with Gasteiger partial charge >= 0.3 is 0 Å². The Morgan fingerprint density at radius 1 is 1.25 bits per heavy atom. The van der Waals surface area contributed by atoms with Gasteiger partial charge in [0.25, 0.3) is 11.8 Å². The van der Waals surface area contributed by atoms with Crippen LogP contribution in [-0.2, 0) is 4.79 Å². The Morgan fingerprint density at radius 3 is 2.44 bits per heavy atom. The highest BCUT2D eigenvalue weighted by atomic mass is 32.1. The number of carbonyl (C=O) groups is 3. The zero-order valence-corrected chi connectivity index (χ0v) is 19.1. The molecule has 1 fully saturated rings. The fraction of sp³-hybridized carbons (Fsp3) is 0.455. The van der Waals surface area contributed by atoms with E-state index in [1.807, 2.05) is 6.92 Å². The van der Waals surface area contributed by atoms with Crippen LogP contribution in [0, 0.1) is 0 Å². The lowest BCUT2D eigenvalue weighted by molar-refractivity contribution is -0.123. The lowest BCUT2D eigenvalue weighted by atomic mass is 10.1. The summed E-state index contributed by atoms with van der Waals surface area (Å²) >= 11 is 0.800. The van der Waals surface area contributed by atoms with Crippen molar-refractivity contribution in [2.24, 2.45) is 5.73 Å². The normalized spacial score (nSPS) is 14.7. The van der Waals surface area contributed by atoms with Crippen LogP contribution < -0.4 is 26.4 Å². The molecule has 1 aromatic heterocycles. The number of anilines is 2. The van der Waals surface area contributed by atoms with Gasteiger partial charge < -0.3 is 21.5 Å². The first-order valence-corrected chi connectivity index (χ1v) is 11.5. The fourth-order valence-corrected chi connectivity index (χ4v) is 4.68. The number of benzene rings is 1. The molecule has 0 spiro atoms. The molecule has 0 unspecified atom stereocenters. The molecule has 10 heteroatoms. The van der Waals surface area contributed by atoms with Crippen LogP contribution in [0.3, 0.4) is 0 Å². The Kier molecular flexibility index (Phi) is 7.68. The second-order valence-corrected chi connectivity index (χ2v) is 8.58. The molecular weight excluding hydrogens is 430 g/mol. The molecule has 32 heavy (non-hydrogen) atoms. The van der Waals surface area contributed by atoms with E-state index in [0.29, 0.717) is 24.3 Å². The molecular formula is C22H29N5O4S. The Hall–Kier alpha value is -3.14. The van der Waals surface area contributed by atoms with Crippen molar-refractivity contribution < 1.29 is 19.1 Å². The first-order chi connectivity index (χ1) is 15.4. The smallest absolute Gasteiger partial charge is 0.272 e. The lowest BCUT2D eigenvalue weighted by Gasteiger charge is -2.31. The molecule has 0 saturated heterocycles. The van der Waals surface area contributed by atoms with E-state index in [2.05, 4.69) is 9.69 Å². The lowest BCUT2D eigenvalue weighted by Crippen LogP contribution is -2.51. The van der Waals surface area contributed by atoms with Gasteiger partial charge in [0.15, 0.2) is 5.69 Å². The van der Waals surface area contributed by atoms with Gasteiger partial charge in [-0.05, 0) is 55.1 Å². The Labute approximate surface area is 191 Å². The van der Waals surface area contributed by atoms with Crippen molar-refractivity contribution in [3.05, 3.63) is 34.8 Å². The Bertz CT molecular complexity index is 969. The van der Waals surface area contributed by atoms with E-state index in [9.17, 15) is 14.4 Å². The topological polar surface area (TPSA) is 141 Å². The van der Waals surface area contributed by atoms with Crippen LogP contribution in [0.5, 0.6) is 5.75 Å². The van der Waals surface area contributed by atoms with Crippen LogP contribution in [0.25, 0.3) is 0 Å². The Balaban J connectivity index is 2.01. The van der Waals surface area contributed by atoms with Crippen LogP contribution >= 0.6 is 11.5 Å². The predicted molar refractivity (Wildman–Crippen MR) is 124 cm³/mol. The predicted octanol–water partition coefficient (Wildman–Crippen LogP) is 2.71. The first-order valence-electron chi connectivity index (χ1n) is 10.7. The summed E-state index contributed by atoms with van der Waals surface area (Å²) in [7, 11) is 1.55. The van der Waals surface area contributed by atoms with E-state index in [-0.39, 0.29) is 28.2 Å². The van der Waals surface area contributed by atoms with Gasteiger partial charge in [0.1, 0.15) is 16.7 Å². The molecule has 0 radical (unpaired) electrons. The molecule has 1 aromatic carbocycles. The quantitative estimate of drug-likeness (QED) is 0.526. The number of ether oxygens (including phenoxy) is 1. The van der Waals surface area contributed by atoms with Crippen molar-refractivity contribution >= 4 is 40.6 Å². The molecule has 9 nitrogen and oxygen atoms in total. The molecule has 172 valence electrons. The van der Waals surface area contributed by atoms with E-state index in [4.69, 9.17) is 16.2 Å². The first kappa shape index (κ1) is 23.5. The third-order valence-corrected chi connectivity index (χ3v) is 6.45. The molecule has 3 rings (SSSR count). The van der Waals surface area contributed by atoms with E-state index in [1.165, 1.54) is 4.90 Å². The summed E-state index contributed by atoms with van der Waals surface area (Å²) in [6, 6.07) is 6.24. The number of nitrogens with zero attached hydrogens (tertiary/aromatic N) is 2. The number of rotatable bonds is 9. The van der Waals surface area contributed by atoms with E-state index < -0.39 is 17.9 Å². The van der Waals surface area contributed by atoms with Crippen LogP contribution in [0.2, 0.25) is 0 Å². The highest BCUT2D eigenvalue weighted by molar-refractivity contribution is 7.09. The average Bonchev–Trinajstić information content (AvgIpc) is 3.43. The molecule has 1 atom stereocenters. The minimum Gasteiger partial charge on any atom is -0.497 e. The number of nitrogens with one attached hydrogen (secondary N) is 1. The zero-order valence-electron chi connectivity index (χ0n) is 18.3. The standard InChI is InChI=1S/C22H29N5O4S/c1-3-6-16(21(29)25-13-7-4-5-8-13)27(14-9-11-15(31-2)12-10-14)22(30)19-17(23)18(20(24)28)26-32-19/h9-13,16H,3-8,23H2,1-2H3,(H2,24,28)(H,25,29)/t16-/m0/s1. The summed E-state index contributed by atoms with van der Waals surface area (Å²) < 4.78 is 9.17. The number of methoxy groups -OCH3 is 1. The molecule has 0 aliphatic heterocycles. The summed E-state index contributed by atoms with van der Waals surface area (Å²) in [5, 5.41) is 3.11. The van der Waals surface area contributed by atoms with Gasteiger partial charge in [-0.1, -0.05) is 26.2 Å². The largest absolute Gasteiger partial charge is 0.497 e. The second-order valence-electron chi connectivity index (χ2n) is 7.81. The van der Waals surface area contributed by atoms with Gasteiger partial charge in [-0.2, -0.15) is 4.37 Å². The summed E-state index contributed by atoms with van der Waals surface area (Å²) in [6.45, 7) is 1.96. The van der Waals surface area contributed by atoms with Crippen molar-refractivity contribution in [3.63, 3.8) is 0 Å². The van der Waals surface area contributed by atoms with Gasteiger partial charge in [0.2, 0.25) is 5.91 Å². The molecule has 2 aromatic rings. The van der Waals surface area contributed by atoms with Gasteiger partial charge in [-0.3, -0.25) is 19.3 Å². The van der Waals surface area contributed by atoms with Gasteiger partial charge in [-0.15, -0.1) is 0 Å². The third-order valence-electron chi connectivity index (χ3n) is 5.60. The summed E-state index contributed by atoms with van der Waals surface area (Å²) in [6.07, 6.45) is 5.18. The SMILES string of the molecule is CCC[C@@H](C(=O)NC1CCCC1)N(C(=O)c1snc(C(N)=O)c1N)c1ccc(OC)cc1. The number of hydrogen-bond donors (Lipinski definition) is 3. The minimum absolute atomic E-state index is 0.0718. The van der Waals surface area contributed by atoms with Gasteiger partial charge in [-0.25, -0.2) is 0 Å². The number of primary amides is 1. The number of carbonyl (C=O) groups excluding carboxylic acids is 3. The van der Waals surface area contributed by atoms with Crippen molar-refractivity contribution in [2.75, 3.05) is 17.7 Å². The summed E-state index contributed by atoms with van der Waals surface area (Å²) in [5.74, 6) is -0.895. The van der Waals surface area contributed by atoms with Crippen molar-refractivity contribution in [3.8, 4) is 5.75 Å². The van der Waals surface area contributed by atoms with Crippen LogP contribution in [-0.4, -0.2) is 41.3 Å². The number of hydrogen-bond acceptors (Lipinski definition) is 7. The molecule has 0 bridgehead atoms. The molecule has 1 saturated carbocycles. The second kappa shape index (κ2) is 10.4. The van der Waals surface area contributed by atoms with Crippen molar-refractivity contribution in [2.45, 2.75) is 57.5 Å². The molecule has 1 heterocycles. The summed E-state index contributed by atoms with van der Waals surface area (Å²) in [4.78, 5) is 40.1. The van der Waals surface area contributed by atoms with E-state index in [0.717, 1.165) is 37.2 Å². The van der Waals surface area contributed by atoms with E-state index in [1.54, 1.807) is 31.4 Å². The molecule has 5 N–H and O–H groups in total. The third kappa shape index (κ3) is 5.01. The number of nitrogen functional groups attached to an aromatic ring is 1. The van der Waals surface area contributed by atoms with E-state index >= 15 is 0 Å². The van der Waals surface area contributed by atoms with Crippen LogP contribution in [0.15, 0.2) is 24.3 Å². The number of nitrogens with two attached hydrogens (primary N) is 2. The highest BCUT2D eigenvalue weighted by Crippen LogP contribution is 2.30. The average molecular weight is 460 g/mol. The number of aromatic nitrogens is 1. The monoisotopic (exact) mass is 459 g/mol. The van der Waals surface area contributed by atoms with Gasteiger partial charge in [0, 0.05) is 11.7 Å². The highest BCUT2D eigenvalue weighted by Gasteiger charge is 2.35. The molecule has 1 aliphatic carbocycles. The maximum absolute atomic E-state index is 13.7. The fourth-order valence-electron chi connectivity index (χ4n) is 3.94. The molecule has 1 aliphatic rings. The van der Waals surface area contributed by atoms with Crippen molar-refractivity contribution in [1.29, 1.82) is 0 Å². The number of amides is 3. The summed E-state index contributed by atoms with van der Waals surface area (Å²) in [5.41, 5.74) is 11.6. The van der Waals surface area contributed by atoms with Crippen LogP contribution in [0.4, 0.5) is 11.4 Å². The molecule has 3 amide bonds. The Morgan fingerprint density at radius 2 is 1.91 bits per heavy atom. The zero-order chi connectivity index (χ0) is 23.3.